The molecule has 1 heterocycles. The number of rotatable bonds is 47. The van der Waals surface area contributed by atoms with Gasteiger partial charge in [-0.2, -0.15) is 0 Å². The fourth-order valence-electron chi connectivity index (χ4n) is 11.3. The van der Waals surface area contributed by atoms with E-state index < -0.39 is 193 Å². The van der Waals surface area contributed by atoms with Gasteiger partial charge in [0.05, 0.1) is 24.7 Å². The van der Waals surface area contributed by atoms with Crippen LogP contribution in [0.2, 0.25) is 0 Å². The van der Waals surface area contributed by atoms with Crippen LogP contribution < -0.4 is 87.2 Å². The van der Waals surface area contributed by atoms with Gasteiger partial charge in [0.1, 0.15) is 78.0 Å². The molecule has 0 saturated carbocycles. The molecule has 0 bridgehead atoms. The van der Waals surface area contributed by atoms with Crippen molar-refractivity contribution in [1.82, 2.24) is 63.5 Å². The highest BCUT2D eigenvalue weighted by Gasteiger charge is 2.39. The van der Waals surface area contributed by atoms with Crippen molar-refractivity contribution in [2.24, 2.45) is 45.5 Å². The van der Waals surface area contributed by atoms with E-state index in [9.17, 15) is 92.7 Å². The molecular formula is C72H106N18O20. The van der Waals surface area contributed by atoms with E-state index in [1.54, 1.807) is 58.2 Å². The number of aliphatic hydroxyl groups is 2. The highest BCUT2D eigenvalue weighted by Crippen LogP contribution is 2.21. The number of H-pyrrole nitrogens is 1. The molecule has 110 heavy (non-hydrogen) atoms. The molecule has 604 valence electrons. The molecule has 12 amide bonds. The van der Waals surface area contributed by atoms with Crippen molar-refractivity contribution in [1.29, 1.82) is 0 Å². The van der Waals surface area contributed by atoms with E-state index in [1.165, 1.54) is 62.4 Å². The van der Waals surface area contributed by atoms with Crippen molar-refractivity contribution < 1.29 is 97.8 Å². The molecule has 1 aromatic heterocycles. The smallest absolute Gasteiger partial charge is 0.326 e. The Morgan fingerprint density at radius 2 is 0.900 bits per heavy atom. The van der Waals surface area contributed by atoms with Crippen LogP contribution in [-0.2, 0) is 86.4 Å². The molecule has 3 aromatic carbocycles. The fraction of sp³-hybridized carbons (Fsp3) is 0.514. The summed E-state index contributed by atoms with van der Waals surface area (Å²) in [6.07, 6.45) is -3.73. The third kappa shape index (κ3) is 30.6. The van der Waals surface area contributed by atoms with Gasteiger partial charge in [-0.15, -0.1) is 0 Å². The highest BCUT2D eigenvalue weighted by molar-refractivity contribution is 6.00. The van der Waals surface area contributed by atoms with Crippen LogP contribution in [0.5, 0.6) is 11.5 Å². The lowest BCUT2D eigenvalue weighted by atomic mass is 9.99. The summed E-state index contributed by atoms with van der Waals surface area (Å²) in [6.45, 7) is 10.2. The van der Waals surface area contributed by atoms with Gasteiger partial charge in [0.2, 0.25) is 70.9 Å². The van der Waals surface area contributed by atoms with Crippen molar-refractivity contribution in [3.63, 3.8) is 0 Å². The second-order valence-electron chi connectivity index (χ2n) is 27.6. The number of nitrogens with one attached hydrogen (secondary N) is 12. The summed E-state index contributed by atoms with van der Waals surface area (Å²) in [4.78, 5) is 200. The van der Waals surface area contributed by atoms with Gasteiger partial charge in [0.25, 0.3) is 0 Å². The number of carbonyl (C=O) groups excluding carboxylic acids is 12. The Morgan fingerprint density at radius 1 is 0.464 bits per heavy atom. The first kappa shape index (κ1) is 90.9. The number of carboxylic acids is 2. The third-order valence-corrected chi connectivity index (χ3v) is 17.4. The number of para-hydroxylation sites is 1. The molecule has 28 N–H and O–H groups in total. The SMILES string of the molecule is CC(C)C[C@H](NC(=O)[C@H](Cc1ccc(O)cc1)NC(=O)[C@H](CCC(N)=O)NC(=O)[C@H](Cc1ccc(O)cc1)NC(=O)[C@@H](NC(=O)[C@H](CCCN=C(N)N)NC(=O)[C@H](Cc1c[nH]c2ccccc12)NC(=O)[C@@H](NC(=O)[C@@H](N)CCCCN)[C@@H](C)O)C(C)C)C(=O)N[C@@H](C)C(=O)N[C@H](C(=O)N[C@@H](CC(=O)O)C(=O)O)[C@@H](C)O. The number of aliphatic carboxylic acids is 2. The quantitative estimate of drug-likeness (QED) is 0.0113. The number of carboxylic acid groups (broad SMARTS) is 2. The number of phenolic OH excluding ortho intramolecular Hbond substituents is 2. The Morgan fingerprint density at radius 3 is 1.38 bits per heavy atom. The number of benzene rings is 3. The summed E-state index contributed by atoms with van der Waals surface area (Å²) in [7, 11) is 0. The van der Waals surface area contributed by atoms with Crippen LogP contribution in [0.4, 0.5) is 0 Å². The predicted molar refractivity (Wildman–Crippen MR) is 399 cm³/mol. The van der Waals surface area contributed by atoms with E-state index in [2.05, 4.69) is 63.1 Å². The van der Waals surface area contributed by atoms with Gasteiger partial charge in [-0.3, -0.25) is 67.3 Å². The predicted octanol–water partition coefficient (Wildman–Crippen LogP) is -4.24. The molecule has 0 fully saturated rings. The fourth-order valence-corrected chi connectivity index (χ4v) is 11.3. The number of nitrogens with two attached hydrogens (primary N) is 5. The summed E-state index contributed by atoms with van der Waals surface area (Å²) in [5.74, 6) is -17.4. The number of fused-ring (bicyclic) bond motifs is 1. The van der Waals surface area contributed by atoms with Gasteiger partial charge in [-0.05, 0) is 125 Å². The normalized spacial score (nSPS) is 15.1. The molecule has 0 saturated heterocycles. The number of primary amides is 1. The van der Waals surface area contributed by atoms with Gasteiger partial charge in [0, 0.05) is 49.3 Å². The first-order valence-electron chi connectivity index (χ1n) is 35.8. The monoisotopic (exact) mass is 1540 g/mol. The minimum atomic E-state index is -1.96. The summed E-state index contributed by atoms with van der Waals surface area (Å²) in [5.41, 5.74) is 30.4. The molecular weight excluding hydrogens is 1440 g/mol. The first-order valence-corrected chi connectivity index (χ1v) is 35.8. The number of hydrogen-bond acceptors (Lipinski definition) is 21. The molecule has 38 nitrogen and oxygen atoms in total. The Balaban J connectivity index is 1.69. The summed E-state index contributed by atoms with van der Waals surface area (Å²) < 4.78 is 0. The first-order chi connectivity index (χ1) is 51.8. The maximum atomic E-state index is 15.0. The zero-order valence-corrected chi connectivity index (χ0v) is 62.4. The van der Waals surface area contributed by atoms with Crippen LogP contribution in [0.3, 0.4) is 0 Å². The zero-order valence-electron chi connectivity index (χ0n) is 62.4. The molecule has 0 aliphatic carbocycles. The number of amides is 12. The van der Waals surface area contributed by atoms with Crippen LogP contribution in [-0.4, -0.2) is 222 Å². The van der Waals surface area contributed by atoms with Gasteiger partial charge < -0.3 is 123 Å². The number of aliphatic imine (C=N–C) groups is 1. The number of hydrogen-bond donors (Lipinski definition) is 23. The van der Waals surface area contributed by atoms with Crippen molar-refractivity contribution in [3.8, 4) is 11.5 Å². The second-order valence-corrected chi connectivity index (χ2v) is 27.6. The molecule has 4 rings (SSSR count). The molecule has 0 spiro atoms. The van der Waals surface area contributed by atoms with Crippen LogP contribution in [0, 0.1) is 11.8 Å². The molecule has 38 heteroatoms. The maximum Gasteiger partial charge on any atom is 0.326 e. The van der Waals surface area contributed by atoms with E-state index in [1.807, 2.05) is 5.32 Å². The van der Waals surface area contributed by atoms with E-state index in [0.717, 1.165) is 6.92 Å². The number of unbranched alkanes of at least 4 members (excludes halogenated alkanes) is 1. The molecule has 14 atom stereocenters. The Hall–Kier alpha value is -11.5. The molecule has 0 aliphatic rings. The Bertz CT molecular complexity index is 3850. The number of carbonyl (C=O) groups is 14. The van der Waals surface area contributed by atoms with Crippen LogP contribution >= 0.6 is 0 Å². The summed E-state index contributed by atoms with van der Waals surface area (Å²) >= 11 is 0. The van der Waals surface area contributed by atoms with Gasteiger partial charge in [0.15, 0.2) is 5.96 Å². The van der Waals surface area contributed by atoms with Crippen LogP contribution in [0.15, 0.2) is 84.0 Å². The number of phenols is 2. The maximum absolute atomic E-state index is 15.0. The lowest BCUT2D eigenvalue weighted by molar-refractivity contribution is -0.148. The van der Waals surface area contributed by atoms with Crippen LogP contribution in [0.1, 0.15) is 123 Å². The number of nitrogens with zero attached hydrogens (tertiary/aromatic N) is 1. The van der Waals surface area contributed by atoms with Crippen molar-refractivity contribution in [3.05, 3.63) is 95.7 Å². The Labute approximate surface area is 634 Å². The number of aromatic nitrogens is 1. The lowest BCUT2D eigenvalue weighted by Gasteiger charge is -2.29. The van der Waals surface area contributed by atoms with Gasteiger partial charge in [-0.25, -0.2) is 4.79 Å². The summed E-state index contributed by atoms with van der Waals surface area (Å²) in [6, 6.07) is -1.46. The molecule has 4 aromatic rings. The number of aliphatic hydroxyl groups excluding tert-OH is 2. The van der Waals surface area contributed by atoms with E-state index in [-0.39, 0.29) is 74.9 Å². The Kier molecular flexibility index (Phi) is 36.9. The van der Waals surface area contributed by atoms with E-state index in [4.69, 9.17) is 33.8 Å². The van der Waals surface area contributed by atoms with E-state index in [0.29, 0.717) is 47.0 Å². The minimum absolute atomic E-state index is 0.0374. The standard InChI is InChI=1S/C72H106N18O20/c1-35(2)29-50(64(102)80-37(5)60(98)89-58(38(6)91)70(108)87-54(71(109)110)33-56(96)97)83-66(104)51(30-40-17-21-43(93)22-18-40)84-62(100)49(25-26-55(75)95)82-65(103)52(31-41-19-23-44(94)24-20-41)85-68(106)57(36(3)4)88-63(101)48(16-12-28-78-72(76)77)81-67(105)53(32-42-34-79-47-15-9-8-13-45(42)47)86-69(107)59(39(7)92)90-61(99)46(74)14-10-11-27-73/h8-9,13,15,17-24,34-39,46,48-54,57-59,79,91-94H,10-12,14,16,25-33,73-74H2,1-7H3,(H2,75,95)(H,80,102)(H,81,105)(H,82,103)(H,83,104)(H,84,100)(H,85,106)(H,86,107)(H,87,108)(H,88,101)(H,89,98)(H,90,99)(H,96,97)(H,109,110)(H4,76,77,78)/t37-,38+,39+,46-,48-,49-,50-,51-,52-,53-,54-,57-,58-,59-/m0/s1. The second kappa shape index (κ2) is 44.7. The topological polar surface area (TPSA) is 651 Å². The molecule has 0 unspecified atom stereocenters. The van der Waals surface area contributed by atoms with Gasteiger partial charge in [-0.1, -0.05) is 76.6 Å². The average molecular weight is 1540 g/mol. The highest BCUT2D eigenvalue weighted by atomic mass is 16.4. The number of aromatic hydroxyl groups is 2. The van der Waals surface area contributed by atoms with Gasteiger partial charge >= 0.3 is 11.9 Å². The van der Waals surface area contributed by atoms with Crippen molar-refractivity contribution in [2.75, 3.05) is 13.1 Å². The average Bonchev–Trinajstić information content (AvgIpc) is 1.61. The zero-order chi connectivity index (χ0) is 82.2. The summed E-state index contributed by atoms with van der Waals surface area (Å²) in [5, 5.41) is 88.2. The lowest BCUT2D eigenvalue weighted by Crippen LogP contribution is -2.62. The van der Waals surface area contributed by atoms with Crippen LogP contribution in [0.25, 0.3) is 10.9 Å². The number of aromatic amines is 1. The third-order valence-electron chi connectivity index (χ3n) is 17.4. The molecule has 0 radical (unpaired) electrons. The minimum Gasteiger partial charge on any atom is -0.508 e. The van der Waals surface area contributed by atoms with E-state index >= 15 is 0 Å². The van der Waals surface area contributed by atoms with Crippen molar-refractivity contribution >= 4 is 99.7 Å². The number of guanidine groups is 1. The van der Waals surface area contributed by atoms with Crippen molar-refractivity contribution in [2.45, 2.75) is 210 Å². The molecule has 0 aliphatic heterocycles. The largest absolute Gasteiger partial charge is 0.508 e.